The lowest BCUT2D eigenvalue weighted by Gasteiger charge is -2.21. The first-order chi connectivity index (χ1) is 6.24. The fourth-order valence-electron chi connectivity index (χ4n) is 1.17. The number of likely N-dealkylation sites (N-methyl/N-ethyl adjacent to an activating group) is 1. The summed E-state index contributed by atoms with van der Waals surface area (Å²) in [5, 5.41) is 0. The zero-order valence-corrected chi connectivity index (χ0v) is 9.25. The molecule has 1 atom stereocenters. The van der Waals surface area contributed by atoms with Crippen LogP contribution in [0.25, 0.3) is 0 Å². The van der Waals surface area contributed by atoms with Gasteiger partial charge in [-0.25, -0.2) is 0 Å². The van der Waals surface area contributed by atoms with E-state index in [-0.39, 0.29) is 0 Å². The molecule has 0 heterocycles. The Kier molecular flexibility index (Phi) is 8.40. The lowest BCUT2D eigenvalue weighted by Crippen LogP contribution is -2.30. The maximum Gasteiger partial charge on any atom is 0.0589 e. The Morgan fingerprint density at radius 3 is 2.54 bits per heavy atom. The Labute approximate surface area is 82.2 Å². The molecule has 0 spiro atoms. The highest BCUT2D eigenvalue weighted by atomic mass is 16.5. The molecule has 0 fully saturated rings. The van der Waals surface area contributed by atoms with Crippen molar-refractivity contribution in [3.8, 4) is 0 Å². The van der Waals surface area contributed by atoms with E-state index in [4.69, 9.17) is 10.5 Å². The van der Waals surface area contributed by atoms with Crippen molar-refractivity contribution < 1.29 is 4.74 Å². The maximum absolute atomic E-state index is 5.56. The van der Waals surface area contributed by atoms with E-state index in [1.54, 1.807) is 7.11 Å². The van der Waals surface area contributed by atoms with Crippen LogP contribution in [-0.4, -0.2) is 44.8 Å². The zero-order chi connectivity index (χ0) is 10.1. The van der Waals surface area contributed by atoms with E-state index in [0.717, 1.165) is 32.8 Å². The van der Waals surface area contributed by atoms with Crippen LogP contribution in [0.5, 0.6) is 0 Å². The highest BCUT2D eigenvalue weighted by molar-refractivity contribution is 4.59. The number of hydrogen-bond acceptors (Lipinski definition) is 3. The van der Waals surface area contributed by atoms with Gasteiger partial charge in [0.25, 0.3) is 0 Å². The van der Waals surface area contributed by atoms with Crippen LogP contribution >= 0.6 is 0 Å². The fourth-order valence-corrected chi connectivity index (χ4v) is 1.17. The van der Waals surface area contributed by atoms with Gasteiger partial charge >= 0.3 is 0 Å². The molecule has 0 saturated carbocycles. The molecule has 0 aromatic heterocycles. The van der Waals surface area contributed by atoms with Crippen LogP contribution < -0.4 is 5.73 Å². The van der Waals surface area contributed by atoms with Crippen LogP contribution in [-0.2, 0) is 4.74 Å². The van der Waals surface area contributed by atoms with Crippen LogP contribution in [0.3, 0.4) is 0 Å². The molecule has 0 radical (unpaired) electrons. The second-order valence-corrected chi connectivity index (χ2v) is 3.56. The molecule has 0 bridgehead atoms. The Bertz CT molecular complexity index is 109. The number of rotatable bonds is 8. The third-order valence-corrected chi connectivity index (χ3v) is 2.40. The molecule has 80 valence electrons. The minimum Gasteiger partial charge on any atom is -0.383 e. The zero-order valence-electron chi connectivity index (χ0n) is 9.25. The molecule has 13 heavy (non-hydrogen) atoms. The lowest BCUT2D eigenvalue weighted by molar-refractivity contribution is 0.147. The molecule has 1 unspecified atom stereocenters. The van der Waals surface area contributed by atoms with Gasteiger partial charge in [-0.15, -0.1) is 0 Å². The molecule has 0 aliphatic carbocycles. The van der Waals surface area contributed by atoms with Gasteiger partial charge in [0.1, 0.15) is 0 Å². The van der Waals surface area contributed by atoms with Gasteiger partial charge in [0.2, 0.25) is 0 Å². The highest BCUT2D eigenvalue weighted by Crippen LogP contribution is 2.01. The Balaban J connectivity index is 3.46. The molecule has 0 saturated heterocycles. The highest BCUT2D eigenvalue weighted by Gasteiger charge is 2.04. The van der Waals surface area contributed by atoms with Gasteiger partial charge in [-0.05, 0) is 32.0 Å². The fraction of sp³-hybridized carbons (Fsp3) is 1.00. The molecule has 0 aromatic rings. The van der Waals surface area contributed by atoms with Gasteiger partial charge in [-0.1, -0.05) is 13.8 Å². The first-order valence-corrected chi connectivity index (χ1v) is 5.15. The molecule has 0 aliphatic rings. The van der Waals surface area contributed by atoms with E-state index in [0.29, 0.717) is 5.92 Å². The smallest absolute Gasteiger partial charge is 0.0589 e. The van der Waals surface area contributed by atoms with E-state index in [1.807, 2.05) is 0 Å². The molecule has 3 heteroatoms. The average molecular weight is 188 g/mol. The largest absolute Gasteiger partial charge is 0.383 e. The number of hydrogen-bond donors (Lipinski definition) is 1. The van der Waals surface area contributed by atoms with Crippen LogP contribution in [0.1, 0.15) is 20.3 Å². The second kappa shape index (κ2) is 8.48. The Hall–Kier alpha value is -0.120. The number of methoxy groups -OCH3 is 1. The normalized spacial score (nSPS) is 13.6. The van der Waals surface area contributed by atoms with Gasteiger partial charge < -0.3 is 15.4 Å². The van der Waals surface area contributed by atoms with Crippen LogP contribution in [0, 0.1) is 5.92 Å². The van der Waals surface area contributed by atoms with E-state index < -0.39 is 0 Å². The van der Waals surface area contributed by atoms with Gasteiger partial charge in [0.15, 0.2) is 0 Å². The molecular weight excluding hydrogens is 164 g/mol. The minimum absolute atomic E-state index is 0.636. The van der Waals surface area contributed by atoms with Crippen molar-refractivity contribution in [3.63, 3.8) is 0 Å². The molecule has 3 nitrogen and oxygen atoms in total. The van der Waals surface area contributed by atoms with Crippen LogP contribution in [0.2, 0.25) is 0 Å². The average Bonchev–Trinajstić information content (AvgIpc) is 2.17. The minimum atomic E-state index is 0.636. The van der Waals surface area contributed by atoms with Gasteiger partial charge in [0.05, 0.1) is 6.61 Å². The molecule has 0 rings (SSSR count). The number of ether oxygens (including phenoxy) is 1. The summed E-state index contributed by atoms with van der Waals surface area (Å²) >= 11 is 0. The van der Waals surface area contributed by atoms with Gasteiger partial charge in [0, 0.05) is 13.7 Å². The second-order valence-electron chi connectivity index (χ2n) is 3.56. The summed E-state index contributed by atoms with van der Waals surface area (Å²) in [6.45, 7) is 9.27. The van der Waals surface area contributed by atoms with Gasteiger partial charge in [-0.2, -0.15) is 0 Å². The summed E-state index contributed by atoms with van der Waals surface area (Å²) in [4.78, 5) is 2.40. The quantitative estimate of drug-likeness (QED) is 0.616. The molecular formula is C10H24N2O. The third-order valence-electron chi connectivity index (χ3n) is 2.40. The Morgan fingerprint density at radius 2 is 2.08 bits per heavy atom. The van der Waals surface area contributed by atoms with Crippen molar-refractivity contribution in [2.24, 2.45) is 11.7 Å². The summed E-state index contributed by atoms with van der Waals surface area (Å²) in [6.07, 6.45) is 1.19. The molecule has 2 N–H and O–H groups in total. The van der Waals surface area contributed by atoms with Crippen molar-refractivity contribution >= 4 is 0 Å². The van der Waals surface area contributed by atoms with Crippen molar-refractivity contribution in [2.45, 2.75) is 20.3 Å². The monoisotopic (exact) mass is 188 g/mol. The van der Waals surface area contributed by atoms with Crippen LogP contribution in [0.4, 0.5) is 0 Å². The molecule has 0 amide bonds. The van der Waals surface area contributed by atoms with Crippen molar-refractivity contribution in [1.82, 2.24) is 4.90 Å². The predicted molar refractivity (Wildman–Crippen MR) is 56.8 cm³/mol. The summed E-state index contributed by atoms with van der Waals surface area (Å²) in [5.74, 6) is 0.636. The van der Waals surface area contributed by atoms with E-state index in [9.17, 15) is 0 Å². The summed E-state index contributed by atoms with van der Waals surface area (Å²) < 4.78 is 5.04. The van der Waals surface area contributed by atoms with Crippen LogP contribution in [0.15, 0.2) is 0 Å². The van der Waals surface area contributed by atoms with E-state index in [1.165, 1.54) is 6.42 Å². The first-order valence-electron chi connectivity index (χ1n) is 5.15. The molecule has 0 aliphatic heterocycles. The first kappa shape index (κ1) is 12.9. The predicted octanol–water partition coefficient (Wildman–Crippen LogP) is 0.940. The summed E-state index contributed by atoms with van der Waals surface area (Å²) in [6, 6.07) is 0. The van der Waals surface area contributed by atoms with Crippen molar-refractivity contribution in [2.75, 3.05) is 39.9 Å². The SMILES string of the molecule is CCN(CCOC)CCC(C)CN. The summed E-state index contributed by atoms with van der Waals surface area (Å²) in [5.41, 5.74) is 5.56. The van der Waals surface area contributed by atoms with Crippen molar-refractivity contribution in [1.29, 1.82) is 0 Å². The standard InChI is InChI=1S/C10H24N2O/c1-4-12(7-8-13-3)6-5-10(2)9-11/h10H,4-9,11H2,1-3H3. The Morgan fingerprint density at radius 1 is 1.38 bits per heavy atom. The third kappa shape index (κ3) is 6.99. The number of nitrogens with two attached hydrogens (primary N) is 1. The topological polar surface area (TPSA) is 38.5 Å². The number of nitrogens with zero attached hydrogens (tertiary/aromatic N) is 1. The van der Waals surface area contributed by atoms with Crippen molar-refractivity contribution in [3.05, 3.63) is 0 Å². The molecule has 0 aromatic carbocycles. The summed E-state index contributed by atoms with van der Waals surface area (Å²) in [7, 11) is 1.75. The van der Waals surface area contributed by atoms with Gasteiger partial charge in [-0.3, -0.25) is 0 Å². The lowest BCUT2D eigenvalue weighted by atomic mass is 10.1. The maximum atomic E-state index is 5.56. The van der Waals surface area contributed by atoms with E-state index >= 15 is 0 Å². The van der Waals surface area contributed by atoms with E-state index in [2.05, 4.69) is 18.7 Å².